The fourth-order valence-corrected chi connectivity index (χ4v) is 1.25. The zero-order valence-corrected chi connectivity index (χ0v) is 5.76. The Morgan fingerprint density at radius 3 is 2.00 bits per heavy atom. The Balaban J connectivity index is 3.95. The highest BCUT2D eigenvalue weighted by atomic mass is 35.7. The Bertz CT molecular complexity index is 180. The molecule has 1 atom stereocenters. The summed E-state index contributed by atoms with van der Waals surface area (Å²) in [6.07, 6.45) is 0. The highest BCUT2D eigenvalue weighted by Gasteiger charge is 2.05. The summed E-state index contributed by atoms with van der Waals surface area (Å²) in [6, 6.07) is 0. The van der Waals surface area contributed by atoms with Crippen LogP contribution in [0.15, 0.2) is 0 Å². The molecule has 0 radical (unpaired) electrons. The normalized spacial score (nSPS) is 15.8. The first kappa shape index (κ1) is 8.31. The molecule has 0 spiro atoms. The number of halogens is 1. The van der Waals surface area contributed by atoms with Crippen molar-refractivity contribution in [3.63, 3.8) is 0 Å². The zero-order valence-electron chi connectivity index (χ0n) is 3.37. The van der Waals surface area contributed by atoms with Crippen molar-refractivity contribution in [2.24, 2.45) is 0 Å². The van der Waals surface area contributed by atoms with Crippen molar-refractivity contribution in [1.82, 2.24) is 4.13 Å². The van der Waals surface area contributed by atoms with Crippen molar-refractivity contribution in [3.05, 3.63) is 0 Å². The van der Waals surface area contributed by atoms with Gasteiger partial charge in [0, 0.05) is 10.7 Å². The third kappa shape index (κ3) is 6.31. The minimum atomic E-state index is -4.05. The standard InChI is InChI=1S/ClH2NO4S2/c1-8(5,6)2-7(3)4/h2H,(H,3,4). The third-order valence-corrected chi connectivity index (χ3v) is 2.10. The summed E-state index contributed by atoms with van der Waals surface area (Å²) in [4.78, 5) is 0. The molecule has 1 unspecified atom stereocenters. The molecule has 0 aromatic carbocycles. The van der Waals surface area contributed by atoms with Crippen LogP contribution in [0.5, 0.6) is 0 Å². The molecule has 0 saturated heterocycles. The van der Waals surface area contributed by atoms with E-state index >= 15 is 0 Å². The lowest BCUT2D eigenvalue weighted by molar-refractivity contribution is 0.556. The molecule has 0 aromatic rings. The predicted octanol–water partition coefficient (Wildman–Crippen LogP) is -0.804. The van der Waals surface area contributed by atoms with Crippen LogP contribution in [0.25, 0.3) is 0 Å². The molecule has 2 N–H and O–H groups in total. The van der Waals surface area contributed by atoms with E-state index < -0.39 is 20.5 Å². The molecular formula is H2ClNO4S2. The minimum Gasteiger partial charge on any atom is -0.293 e. The average Bonchev–Trinajstić information content (AvgIpc) is 1.21. The van der Waals surface area contributed by atoms with Gasteiger partial charge in [-0.3, -0.25) is 4.55 Å². The zero-order chi connectivity index (χ0) is 6.78. The Kier molecular flexibility index (Phi) is 2.84. The summed E-state index contributed by atoms with van der Waals surface area (Å²) in [6.45, 7) is 0. The van der Waals surface area contributed by atoms with E-state index in [-0.39, 0.29) is 0 Å². The van der Waals surface area contributed by atoms with Gasteiger partial charge in [-0.05, 0) is 0 Å². The number of rotatable bonds is 2. The summed E-state index contributed by atoms with van der Waals surface area (Å²) in [5, 5.41) is 0. The molecule has 0 aromatic heterocycles. The van der Waals surface area contributed by atoms with E-state index in [9.17, 15) is 12.6 Å². The quantitative estimate of drug-likeness (QED) is 0.429. The van der Waals surface area contributed by atoms with Gasteiger partial charge >= 0.3 is 9.24 Å². The van der Waals surface area contributed by atoms with E-state index in [0.29, 0.717) is 0 Å². The van der Waals surface area contributed by atoms with Crippen LogP contribution in [-0.2, 0) is 20.5 Å². The molecule has 0 fully saturated rings. The van der Waals surface area contributed by atoms with Gasteiger partial charge < -0.3 is 0 Å². The summed E-state index contributed by atoms with van der Waals surface area (Å²) >= 11 is -2.60. The lowest BCUT2D eigenvalue weighted by atomic mass is 13.9. The largest absolute Gasteiger partial charge is 0.310 e. The van der Waals surface area contributed by atoms with E-state index in [1.54, 1.807) is 0 Å². The molecule has 0 amide bonds. The molecule has 8 heteroatoms. The van der Waals surface area contributed by atoms with Crippen LogP contribution in [0.1, 0.15) is 0 Å². The van der Waals surface area contributed by atoms with Crippen molar-refractivity contribution in [1.29, 1.82) is 0 Å². The lowest BCUT2D eigenvalue weighted by Crippen LogP contribution is -2.19. The second kappa shape index (κ2) is 2.74. The van der Waals surface area contributed by atoms with Gasteiger partial charge in [0.25, 0.3) is 0 Å². The Morgan fingerprint density at radius 1 is 1.62 bits per heavy atom. The molecule has 5 nitrogen and oxygen atoms in total. The molecule has 0 aliphatic carbocycles. The molecule has 0 aliphatic heterocycles. The molecule has 0 aliphatic rings. The van der Waals surface area contributed by atoms with E-state index in [2.05, 4.69) is 10.7 Å². The maximum atomic E-state index is 9.74. The first-order valence-corrected chi connectivity index (χ1v) is 4.66. The van der Waals surface area contributed by atoms with Crippen LogP contribution in [-0.4, -0.2) is 17.2 Å². The average molecular weight is 180 g/mol. The van der Waals surface area contributed by atoms with Gasteiger partial charge in [-0.2, -0.15) is 8.42 Å². The Hall–Kier alpha value is 0.310. The SMILES string of the molecule is O=S(O)NS(=O)(=O)Cl. The van der Waals surface area contributed by atoms with Gasteiger partial charge in [0.2, 0.25) is 11.3 Å². The molecule has 0 bridgehead atoms. The van der Waals surface area contributed by atoms with E-state index in [0.717, 1.165) is 4.13 Å². The fraction of sp³-hybridized carbons (Fsp3) is 0. The van der Waals surface area contributed by atoms with Gasteiger partial charge in [0.1, 0.15) is 0 Å². The van der Waals surface area contributed by atoms with Crippen LogP contribution < -0.4 is 4.13 Å². The van der Waals surface area contributed by atoms with E-state index in [1.165, 1.54) is 0 Å². The van der Waals surface area contributed by atoms with Gasteiger partial charge in [-0.1, -0.05) is 4.13 Å². The van der Waals surface area contributed by atoms with Crippen molar-refractivity contribution < 1.29 is 17.2 Å². The second-order valence-electron chi connectivity index (χ2n) is 0.770. The van der Waals surface area contributed by atoms with Gasteiger partial charge in [-0.25, -0.2) is 4.21 Å². The number of hydrogen-bond donors (Lipinski definition) is 2. The molecular weight excluding hydrogens is 178 g/mol. The van der Waals surface area contributed by atoms with E-state index in [1.807, 2.05) is 0 Å². The molecule has 0 heterocycles. The molecule has 0 rings (SSSR count). The van der Waals surface area contributed by atoms with Gasteiger partial charge in [0.05, 0.1) is 0 Å². The number of nitrogens with one attached hydrogen (secondary N) is 1. The number of hydrogen-bond acceptors (Lipinski definition) is 3. The topological polar surface area (TPSA) is 83.5 Å². The fourth-order valence-electron chi connectivity index (χ4n) is 0.0852. The van der Waals surface area contributed by atoms with Gasteiger partial charge in [0.15, 0.2) is 0 Å². The second-order valence-corrected chi connectivity index (χ2v) is 4.03. The van der Waals surface area contributed by atoms with Crippen molar-refractivity contribution >= 4 is 31.2 Å². The van der Waals surface area contributed by atoms with Crippen molar-refractivity contribution in [2.75, 3.05) is 0 Å². The van der Waals surface area contributed by atoms with Crippen LogP contribution >= 0.6 is 10.7 Å². The van der Waals surface area contributed by atoms with Crippen LogP contribution in [0.3, 0.4) is 0 Å². The molecule has 50 valence electrons. The molecule has 8 heavy (non-hydrogen) atoms. The lowest BCUT2D eigenvalue weighted by Gasteiger charge is -1.87. The smallest absolute Gasteiger partial charge is 0.293 e. The highest BCUT2D eigenvalue weighted by molar-refractivity contribution is 8.17. The summed E-state index contributed by atoms with van der Waals surface area (Å²) in [5.74, 6) is 0. The first-order valence-electron chi connectivity index (χ1n) is 1.25. The van der Waals surface area contributed by atoms with Crippen molar-refractivity contribution in [3.8, 4) is 0 Å². The predicted molar refractivity (Wildman–Crippen MR) is 28.7 cm³/mol. The van der Waals surface area contributed by atoms with Crippen LogP contribution in [0.4, 0.5) is 0 Å². The van der Waals surface area contributed by atoms with Gasteiger partial charge in [-0.15, -0.1) is 0 Å². The summed E-state index contributed by atoms with van der Waals surface area (Å²) in [5.41, 5.74) is 0. The minimum absolute atomic E-state index is 1.15. The first-order chi connectivity index (χ1) is 3.42. The summed E-state index contributed by atoms with van der Waals surface area (Å²) in [7, 11) is 0.385. The molecule has 0 saturated carbocycles. The monoisotopic (exact) mass is 179 g/mol. The maximum Gasteiger partial charge on any atom is 0.310 e. The Labute approximate surface area is 53.0 Å². The van der Waals surface area contributed by atoms with E-state index in [4.69, 9.17) is 4.55 Å². The van der Waals surface area contributed by atoms with Crippen LogP contribution in [0, 0.1) is 0 Å². The maximum absolute atomic E-state index is 9.74. The van der Waals surface area contributed by atoms with Crippen molar-refractivity contribution in [2.45, 2.75) is 0 Å². The Morgan fingerprint density at radius 2 is 2.00 bits per heavy atom. The van der Waals surface area contributed by atoms with Crippen LogP contribution in [0.2, 0.25) is 0 Å². The summed E-state index contributed by atoms with van der Waals surface area (Å²) < 4.78 is 38.0. The third-order valence-electron chi connectivity index (χ3n) is 0.171. The highest BCUT2D eigenvalue weighted by Crippen LogP contribution is 1.88.